The molecule has 2 aliphatic rings. The lowest BCUT2D eigenvalue weighted by atomic mass is 10.0. The van der Waals surface area contributed by atoms with Crippen molar-refractivity contribution in [1.29, 1.82) is 0 Å². The molecule has 178 valence electrons. The summed E-state index contributed by atoms with van der Waals surface area (Å²) in [4.78, 5) is 24.6. The van der Waals surface area contributed by atoms with Crippen molar-refractivity contribution in [2.24, 2.45) is 0 Å². The number of benzene rings is 1. The van der Waals surface area contributed by atoms with E-state index >= 15 is 0 Å². The van der Waals surface area contributed by atoms with Crippen LogP contribution in [0.15, 0.2) is 65.3 Å². The van der Waals surface area contributed by atoms with Crippen molar-refractivity contribution in [3.63, 3.8) is 0 Å². The predicted molar refractivity (Wildman–Crippen MR) is 133 cm³/mol. The van der Waals surface area contributed by atoms with E-state index in [1.165, 1.54) is 0 Å². The van der Waals surface area contributed by atoms with Crippen molar-refractivity contribution in [2.75, 3.05) is 62.3 Å². The zero-order valence-corrected chi connectivity index (χ0v) is 19.3. The summed E-state index contributed by atoms with van der Waals surface area (Å²) in [6.45, 7) is 5.72. The number of carbonyl (C=O) groups excluding carboxylic acids is 1. The standard InChI is InChI=1S/C26H26N6O3/c33-26(20-18-22(23-6-3-15-35-23)27-21-5-2-1-4-19(20)21)32-11-9-30(10-12-32)24-7-8-25(29-28-24)31-13-16-34-17-14-31/h1-8,15,18H,9-14,16-17H2. The van der Waals surface area contributed by atoms with Gasteiger partial charge in [-0.25, -0.2) is 4.98 Å². The number of hydrogen-bond donors (Lipinski definition) is 0. The molecule has 0 spiro atoms. The maximum atomic E-state index is 13.6. The van der Waals surface area contributed by atoms with Gasteiger partial charge in [0.1, 0.15) is 5.69 Å². The first-order chi connectivity index (χ1) is 17.3. The molecule has 4 aromatic rings. The minimum atomic E-state index is 0.00445. The number of carbonyl (C=O) groups is 1. The number of rotatable bonds is 4. The van der Waals surface area contributed by atoms with Crippen molar-refractivity contribution in [3.8, 4) is 11.5 Å². The van der Waals surface area contributed by atoms with Gasteiger partial charge in [-0.1, -0.05) is 18.2 Å². The number of morpholine rings is 1. The summed E-state index contributed by atoms with van der Waals surface area (Å²) in [5.41, 5.74) is 2.08. The second kappa shape index (κ2) is 9.34. The minimum absolute atomic E-state index is 0.00445. The Morgan fingerprint density at radius 1 is 0.800 bits per heavy atom. The van der Waals surface area contributed by atoms with Gasteiger partial charge >= 0.3 is 0 Å². The Labute approximate surface area is 202 Å². The SMILES string of the molecule is O=C(c1cc(-c2ccco2)nc2ccccc12)N1CCN(c2ccc(N3CCOCC3)nn2)CC1. The van der Waals surface area contributed by atoms with Crippen LogP contribution in [0.5, 0.6) is 0 Å². The molecule has 3 aromatic heterocycles. The maximum Gasteiger partial charge on any atom is 0.254 e. The molecular weight excluding hydrogens is 444 g/mol. The molecule has 1 amide bonds. The largest absolute Gasteiger partial charge is 0.463 e. The molecule has 0 aliphatic carbocycles. The van der Waals surface area contributed by atoms with Gasteiger partial charge in [-0.3, -0.25) is 4.79 Å². The van der Waals surface area contributed by atoms with Crippen molar-refractivity contribution in [3.05, 3.63) is 66.4 Å². The highest BCUT2D eigenvalue weighted by Crippen LogP contribution is 2.27. The quantitative estimate of drug-likeness (QED) is 0.450. The number of piperazine rings is 1. The Balaban J connectivity index is 1.18. The van der Waals surface area contributed by atoms with Crippen LogP contribution >= 0.6 is 0 Å². The lowest BCUT2D eigenvalue weighted by molar-refractivity contribution is 0.0748. The lowest BCUT2D eigenvalue weighted by Crippen LogP contribution is -2.49. The fourth-order valence-corrected chi connectivity index (χ4v) is 4.66. The van der Waals surface area contributed by atoms with Crippen LogP contribution < -0.4 is 9.80 Å². The van der Waals surface area contributed by atoms with E-state index in [1.54, 1.807) is 6.26 Å². The maximum absolute atomic E-state index is 13.6. The van der Waals surface area contributed by atoms with Gasteiger partial charge in [0.25, 0.3) is 5.91 Å². The molecule has 0 unspecified atom stereocenters. The second-order valence-corrected chi connectivity index (χ2v) is 8.68. The molecular formula is C26H26N6O3. The number of amides is 1. The van der Waals surface area contributed by atoms with Crippen LogP contribution in [-0.2, 0) is 4.74 Å². The number of fused-ring (bicyclic) bond motifs is 1. The highest BCUT2D eigenvalue weighted by atomic mass is 16.5. The first-order valence-corrected chi connectivity index (χ1v) is 11.9. The van der Waals surface area contributed by atoms with Crippen LogP contribution in [-0.4, -0.2) is 78.5 Å². The van der Waals surface area contributed by atoms with E-state index in [0.29, 0.717) is 43.2 Å². The molecule has 6 rings (SSSR count). The monoisotopic (exact) mass is 470 g/mol. The Morgan fingerprint density at radius 2 is 1.51 bits per heavy atom. The van der Waals surface area contributed by atoms with Crippen molar-refractivity contribution < 1.29 is 13.9 Å². The normalized spacial score (nSPS) is 16.6. The number of furan rings is 1. The van der Waals surface area contributed by atoms with Crippen LogP contribution in [0.3, 0.4) is 0 Å². The molecule has 35 heavy (non-hydrogen) atoms. The molecule has 2 saturated heterocycles. The van der Waals surface area contributed by atoms with Crippen LogP contribution in [0.2, 0.25) is 0 Å². The van der Waals surface area contributed by atoms with Gasteiger partial charge < -0.3 is 23.9 Å². The Kier molecular flexibility index (Phi) is 5.75. The van der Waals surface area contributed by atoms with Crippen molar-refractivity contribution in [1.82, 2.24) is 20.1 Å². The van der Waals surface area contributed by atoms with E-state index in [4.69, 9.17) is 14.1 Å². The molecule has 9 heteroatoms. The number of para-hydroxylation sites is 1. The average Bonchev–Trinajstić information content (AvgIpc) is 3.48. The van der Waals surface area contributed by atoms with E-state index in [9.17, 15) is 4.79 Å². The van der Waals surface area contributed by atoms with Crippen LogP contribution in [0.4, 0.5) is 11.6 Å². The van der Waals surface area contributed by atoms with E-state index in [2.05, 4.69) is 20.0 Å². The van der Waals surface area contributed by atoms with Crippen LogP contribution in [0.25, 0.3) is 22.4 Å². The Bertz CT molecular complexity index is 1310. The Hall–Kier alpha value is -3.98. The topological polar surface area (TPSA) is 87.8 Å². The molecule has 0 N–H and O–H groups in total. The Morgan fingerprint density at radius 3 is 2.20 bits per heavy atom. The number of nitrogens with zero attached hydrogens (tertiary/aromatic N) is 6. The summed E-state index contributed by atoms with van der Waals surface area (Å²) >= 11 is 0. The van der Waals surface area contributed by atoms with E-state index in [1.807, 2.05) is 59.5 Å². The second-order valence-electron chi connectivity index (χ2n) is 8.68. The molecule has 0 atom stereocenters. The van der Waals surface area contributed by atoms with E-state index in [0.717, 1.165) is 48.8 Å². The molecule has 2 fully saturated rings. The predicted octanol–water partition coefficient (Wildman–Crippen LogP) is 3.08. The molecule has 0 bridgehead atoms. The molecule has 0 saturated carbocycles. The lowest BCUT2D eigenvalue weighted by Gasteiger charge is -2.35. The van der Waals surface area contributed by atoms with Gasteiger partial charge in [0.05, 0.1) is 30.6 Å². The molecule has 1 aromatic carbocycles. The van der Waals surface area contributed by atoms with Crippen LogP contribution in [0, 0.1) is 0 Å². The number of aromatic nitrogens is 3. The molecule has 0 radical (unpaired) electrons. The van der Waals surface area contributed by atoms with Gasteiger partial charge in [-0.05, 0) is 36.4 Å². The smallest absolute Gasteiger partial charge is 0.254 e. The minimum Gasteiger partial charge on any atom is -0.463 e. The van der Waals surface area contributed by atoms with Gasteiger partial charge in [0.2, 0.25) is 0 Å². The third-order valence-electron chi connectivity index (χ3n) is 6.58. The first kappa shape index (κ1) is 21.5. The van der Waals surface area contributed by atoms with Crippen molar-refractivity contribution >= 4 is 28.4 Å². The van der Waals surface area contributed by atoms with E-state index in [-0.39, 0.29) is 5.91 Å². The van der Waals surface area contributed by atoms with Crippen LogP contribution in [0.1, 0.15) is 10.4 Å². The third kappa shape index (κ3) is 4.30. The zero-order chi connectivity index (χ0) is 23.6. The highest BCUT2D eigenvalue weighted by molar-refractivity contribution is 6.07. The fourth-order valence-electron chi connectivity index (χ4n) is 4.66. The zero-order valence-electron chi connectivity index (χ0n) is 19.3. The first-order valence-electron chi connectivity index (χ1n) is 11.9. The molecule has 5 heterocycles. The summed E-state index contributed by atoms with van der Waals surface area (Å²) in [6, 6.07) is 17.3. The summed E-state index contributed by atoms with van der Waals surface area (Å²) in [5, 5.41) is 9.73. The summed E-state index contributed by atoms with van der Waals surface area (Å²) in [5.74, 6) is 2.37. The van der Waals surface area contributed by atoms with E-state index < -0.39 is 0 Å². The number of hydrogen-bond acceptors (Lipinski definition) is 8. The fraction of sp³-hybridized carbons (Fsp3) is 0.308. The van der Waals surface area contributed by atoms with Crippen molar-refractivity contribution in [2.45, 2.75) is 0 Å². The average molecular weight is 471 g/mol. The summed E-state index contributed by atoms with van der Waals surface area (Å²) in [7, 11) is 0. The molecule has 9 nitrogen and oxygen atoms in total. The summed E-state index contributed by atoms with van der Waals surface area (Å²) in [6.07, 6.45) is 1.61. The van der Waals surface area contributed by atoms with Gasteiger partial charge in [-0.2, -0.15) is 0 Å². The third-order valence-corrected chi connectivity index (χ3v) is 6.58. The number of pyridine rings is 1. The van der Waals surface area contributed by atoms with Gasteiger partial charge in [0.15, 0.2) is 17.4 Å². The van der Waals surface area contributed by atoms with Gasteiger partial charge in [0, 0.05) is 44.7 Å². The summed E-state index contributed by atoms with van der Waals surface area (Å²) < 4.78 is 11.0. The highest BCUT2D eigenvalue weighted by Gasteiger charge is 2.25. The number of ether oxygens (including phenoxy) is 1. The molecule has 2 aliphatic heterocycles. The number of anilines is 2. The van der Waals surface area contributed by atoms with Gasteiger partial charge in [-0.15, -0.1) is 10.2 Å².